The van der Waals surface area contributed by atoms with Gasteiger partial charge in [0.15, 0.2) is 11.6 Å². The number of pyridine rings is 1. The molecule has 11 nitrogen and oxygen atoms in total. The summed E-state index contributed by atoms with van der Waals surface area (Å²) in [4.78, 5) is 23.1. The normalized spacial score (nSPS) is 15.7. The van der Waals surface area contributed by atoms with Gasteiger partial charge in [0.1, 0.15) is 11.6 Å². The van der Waals surface area contributed by atoms with E-state index in [2.05, 4.69) is 30.4 Å². The Kier molecular flexibility index (Phi) is 5.24. The molecule has 0 aliphatic carbocycles. The third kappa shape index (κ3) is 4.02. The van der Waals surface area contributed by atoms with Crippen molar-refractivity contribution in [3.63, 3.8) is 0 Å². The molecule has 0 unspecified atom stereocenters. The summed E-state index contributed by atoms with van der Waals surface area (Å²) in [5, 5.41) is 10.8. The largest absolute Gasteiger partial charge is 0.481 e. The number of nitrogens with one attached hydrogen (secondary N) is 1. The second-order valence-corrected chi connectivity index (χ2v) is 7.56. The summed E-state index contributed by atoms with van der Waals surface area (Å²) in [5.74, 6) is 1.17. The Labute approximate surface area is 187 Å². The Balaban J connectivity index is 1.42. The van der Waals surface area contributed by atoms with Gasteiger partial charge in [0.2, 0.25) is 11.5 Å². The molecule has 0 aromatic carbocycles. The number of hydrogen-bond donors (Lipinski definition) is 1. The number of amides is 1. The Morgan fingerprint density at radius 3 is 2.94 bits per heavy atom. The molecule has 1 saturated heterocycles. The van der Waals surface area contributed by atoms with E-state index in [4.69, 9.17) is 9.47 Å². The van der Waals surface area contributed by atoms with Gasteiger partial charge in [0.05, 0.1) is 25.5 Å². The standard InChI is InChI=1S/C21H21FN8O3/c1-28-8-5-17(27-28)25-21(31)33-16-12-24-30-9-6-18(26-19(16)30)29-7-3-4-15(29)14-10-13(22)11-23-20(14)32-2/h5-6,8-12,15H,3-4,7H2,1-2H3,(H,25,27,31)/t15-/m1/s1. The van der Waals surface area contributed by atoms with Gasteiger partial charge in [-0.2, -0.15) is 10.2 Å². The Morgan fingerprint density at radius 2 is 2.15 bits per heavy atom. The maximum Gasteiger partial charge on any atom is 0.418 e. The number of ether oxygens (including phenoxy) is 2. The number of anilines is 2. The molecule has 170 valence electrons. The second kappa shape index (κ2) is 8.37. The summed E-state index contributed by atoms with van der Waals surface area (Å²) >= 11 is 0. The number of nitrogens with zero attached hydrogens (tertiary/aromatic N) is 7. The molecule has 1 amide bonds. The highest BCUT2D eigenvalue weighted by molar-refractivity contribution is 5.86. The van der Waals surface area contributed by atoms with Gasteiger partial charge < -0.3 is 14.4 Å². The number of aryl methyl sites for hydroxylation is 1. The minimum Gasteiger partial charge on any atom is -0.481 e. The van der Waals surface area contributed by atoms with Gasteiger partial charge in [-0.25, -0.2) is 23.7 Å². The molecule has 0 spiro atoms. The van der Waals surface area contributed by atoms with E-state index >= 15 is 0 Å². The molecule has 1 aliphatic heterocycles. The smallest absolute Gasteiger partial charge is 0.418 e. The van der Waals surface area contributed by atoms with Crippen LogP contribution in [0, 0.1) is 5.82 Å². The molecule has 12 heteroatoms. The van der Waals surface area contributed by atoms with Crippen molar-refractivity contribution < 1.29 is 18.7 Å². The molecule has 0 bridgehead atoms. The molecule has 0 radical (unpaired) electrons. The van der Waals surface area contributed by atoms with E-state index in [9.17, 15) is 9.18 Å². The predicted molar refractivity (Wildman–Crippen MR) is 116 cm³/mol. The van der Waals surface area contributed by atoms with Crippen molar-refractivity contribution >= 4 is 23.4 Å². The number of halogens is 1. The summed E-state index contributed by atoms with van der Waals surface area (Å²) in [6, 6.07) is 4.76. The molecular formula is C21H21FN8O3. The molecule has 4 aromatic heterocycles. The summed E-state index contributed by atoms with van der Waals surface area (Å²) in [6.07, 6.45) is 6.98. The fourth-order valence-corrected chi connectivity index (χ4v) is 4.00. The summed E-state index contributed by atoms with van der Waals surface area (Å²) in [7, 11) is 3.26. The van der Waals surface area contributed by atoms with Crippen molar-refractivity contribution in [2.75, 3.05) is 23.9 Å². The number of fused-ring (bicyclic) bond motifs is 1. The number of rotatable bonds is 5. The Morgan fingerprint density at radius 1 is 1.27 bits per heavy atom. The highest BCUT2D eigenvalue weighted by Gasteiger charge is 2.31. The van der Waals surface area contributed by atoms with E-state index < -0.39 is 11.9 Å². The van der Waals surface area contributed by atoms with Crippen molar-refractivity contribution in [2.24, 2.45) is 7.05 Å². The average molecular weight is 452 g/mol. The highest BCUT2D eigenvalue weighted by Crippen LogP contribution is 2.39. The van der Waals surface area contributed by atoms with Crippen LogP contribution in [0.1, 0.15) is 24.4 Å². The van der Waals surface area contributed by atoms with Crippen molar-refractivity contribution in [2.45, 2.75) is 18.9 Å². The van der Waals surface area contributed by atoms with Crippen LogP contribution in [0.15, 0.2) is 43.0 Å². The summed E-state index contributed by atoms with van der Waals surface area (Å²) in [5.41, 5.74) is 1.04. The van der Waals surface area contributed by atoms with Crippen molar-refractivity contribution in [1.82, 2.24) is 29.4 Å². The molecule has 1 N–H and O–H groups in total. The summed E-state index contributed by atoms with van der Waals surface area (Å²) in [6.45, 7) is 0.720. The van der Waals surface area contributed by atoms with Crippen LogP contribution in [0.4, 0.5) is 20.8 Å². The molecule has 0 saturated carbocycles. The lowest BCUT2D eigenvalue weighted by Gasteiger charge is -2.26. The van der Waals surface area contributed by atoms with E-state index in [1.165, 1.54) is 23.9 Å². The van der Waals surface area contributed by atoms with Crippen LogP contribution in [0.25, 0.3) is 5.65 Å². The van der Waals surface area contributed by atoms with Crippen LogP contribution in [0.2, 0.25) is 0 Å². The fourth-order valence-electron chi connectivity index (χ4n) is 4.00. The molecule has 5 heterocycles. The fraction of sp³-hybridized carbons (Fsp3) is 0.286. The molecule has 4 aromatic rings. The molecule has 1 atom stereocenters. The zero-order valence-corrected chi connectivity index (χ0v) is 18.0. The Hall–Kier alpha value is -4.22. The third-order valence-corrected chi connectivity index (χ3v) is 5.41. The SMILES string of the molecule is COc1ncc(F)cc1[C@H]1CCCN1c1ccn2ncc(OC(=O)Nc3ccn(C)n3)c2n1. The average Bonchev–Trinajstić information content (AvgIpc) is 3.54. The van der Waals surface area contributed by atoms with E-state index in [0.717, 1.165) is 25.6 Å². The minimum absolute atomic E-state index is 0.155. The first kappa shape index (κ1) is 20.7. The second-order valence-electron chi connectivity index (χ2n) is 7.56. The molecule has 33 heavy (non-hydrogen) atoms. The van der Waals surface area contributed by atoms with Gasteiger partial charge >= 0.3 is 6.09 Å². The van der Waals surface area contributed by atoms with Crippen LogP contribution < -0.4 is 19.7 Å². The molecular weight excluding hydrogens is 431 g/mol. The first-order valence-corrected chi connectivity index (χ1v) is 10.3. The first-order valence-electron chi connectivity index (χ1n) is 10.3. The van der Waals surface area contributed by atoms with Crippen LogP contribution in [0.5, 0.6) is 11.6 Å². The predicted octanol–water partition coefficient (Wildman–Crippen LogP) is 2.96. The molecule has 1 fully saturated rings. The van der Waals surface area contributed by atoms with Crippen LogP contribution >= 0.6 is 0 Å². The topological polar surface area (TPSA) is 112 Å². The number of hydrogen-bond acceptors (Lipinski definition) is 8. The van der Waals surface area contributed by atoms with Crippen molar-refractivity contribution in [1.29, 1.82) is 0 Å². The summed E-state index contributed by atoms with van der Waals surface area (Å²) < 4.78 is 27.8. The van der Waals surface area contributed by atoms with Gasteiger partial charge in [-0.05, 0) is 25.0 Å². The van der Waals surface area contributed by atoms with Gasteiger partial charge in [-0.3, -0.25) is 10.00 Å². The van der Waals surface area contributed by atoms with E-state index in [-0.39, 0.29) is 11.8 Å². The van der Waals surface area contributed by atoms with Crippen LogP contribution in [-0.4, -0.2) is 49.1 Å². The van der Waals surface area contributed by atoms with E-state index in [1.807, 2.05) is 6.07 Å². The number of methoxy groups -OCH3 is 1. The van der Waals surface area contributed by atoms with E-state index in [1.54, 1.807) is 30.2 Å². The van der Waals surface area contributed by atoms with Crippen molar-refractivity contribution in [3.05, 3.63) is 54.4 Å². The number of aromatic nitrogens is 6. The van der Waals surface area contributed by atoms with Gasteiger partial charge in [-0.1, -0.05) is 0 Å². The zero-order valence-electron chi connectivity index (χ0n) is 18.0. The van der Waals surface area contributed by atoms with Gasteiger partial charge in [-0.15, -0.1) is 0 Å². The quantitative estimate of drug-likeness (QED) is 0.492. The molecule has 1 aliphatic rings. The lowest BCUT2D eigenvalue weighted by Crippen LogP contribution is -2.24. The minimum atomic E-state index is -0.703. The van der Waals surface area contributed by atoms with Crippen LogP contribution in [-0.2, 0) is 7.05 Å². The maximum absolute atomic E-state index is 13.9. The Bertz CT molecular complexity index is 1320. The lowest BCUT2D eigenvalue weighted by atomic mass is 10.1. The van der Waals surface area contributed by atoms with Crippen molar-refractivity contribution in [3.8, 4) is 11.6 Å². The van der Waals surface area contributed by atoms with Crippen LogP contribution in [0.3, 0.4) is 0 Å². The van der Waals surface area contributed by atoms with Gasteiger partial charge in [0.25, 0.3) is 0 Å². The van der Waals surface area contributed by atoms with Gasteiger partial charge in [0, 0.05) is 37.6 Å². The lowest BCUT2D eigenvalue weighted by molar-refractivity contribution is 0.215. The first-order chi connectivity index (χ1) is 16.0. The van der Waals surface area contributed by atoms with E-state index in [0.29, 0.717) is 28.7 Å². The monoisotopic (exact) mass is 452 g/mol. The number of carbonyl (C=O) groups excluding carboxylic acids is 1. The third-order valence-electron chi connectivity index (χ3n) is 5.41. The molecule has 5 rings (SSSR count). The zero-order chi connectivity index (χ0) is 22.9. The maximum atomic E-state index is 13.9. The highest BCUT2D eigenvalue weighted by atomic mass is 19.1. The number of carbonyl (C=O) groups is 1.